The number of anilines is 1. The normalized spacial score (nSPS) is 17.9. The maximum Gasteiger partial charge on any atom is 0.417 e. The Hall–Kier alpha value is -3.47. The maximum absolute atomic E-state index is 12.8. The van der Waals surface area contributed by atoms with Crippen molar-refractivity contribution >= 4 is 16.9 Å². The number of nitrogens with zero attached hydrogens (tertiary/aromatic N) is 6. The fourth-order valence-corrected chi connectivity index (χ4v) is 4.09. The summed E-state index contributed by atoms with van der Waals surface area (Å²) in [6.07, 6.45) is 1.80. The number of hydrogen-bond acceptors (Lipinski definition) is 6. The van der Waals surface area contributed by atoms with E-state index in [0.717, 1.165) is 47.6 Å². The van der Waals surface area contributed by atoms with Crippen molar-refractivity contribution in [3.63, 3.8) is 0 Å². The minimum absolute atomic E-state index is 0.0978. The minimum atomic E-state index is -4.38. The molecule has 166 valence electrons. The number of nitrogens with one attached hydrogen (secondary N) is 2. The molecule has 0 spiro atoms. The highest BCUT2D eigenvalue weighted by Crippen LogP contribution is 2.30. The molecule has 0 aromatic carbocycles. The van der Waals surface area contributed by atoms with E-state index in [4.69, 9.17) is 0 Å². The number of alkyl halides is 3. The minimum Gasteiger partial charge on any atom is -0.351 e. The highest BCUT2D eigenvalue weighted by Gasteiger charge is 2.32. The van der Waals surface area contributed by atoms with E-state index in [-0.39, 0.29) is 6.04 Å². The largest absolute Gasteiger partial charge is 0.417 e. The standard InChI is InChI=1S/C21H21F3N8/c1-13-11-31(6-7-32(13)18-3-2-15(9-26-18)21(22,23)24)12-14-8-27-30-19(14)20-28-16-4-5-25-10-17(16)29-20/h2-5,8-10,13H,6-7,11-12H2,1H3,(H,27,30)(H,28,29)/t13-/m1/s1. The summed E-state index contributed by atoms with van der Waals surface area (Å²) in [6.45, 7) is 4.90. The summed E-state index contributed by atoms with van der Waals surface area (Å²) in [5.74, 6) is 1.25. The van der Waals surface area contributed by atoms with Gasteiger partial charge in [0.15, 0.2) is 5.82 Å². The zero-order valence-corrected chi connectivity index (χ0v) is 17.3. The second-order valence-electron chi connectivity index (χ2n) is 7.92. The molecule has 0 radical (unpaired) electrons. The molecular formula is C21H21F3N8. The van der Waals surface area contributed by atoms with Crippen LogP contribution in [-0.4, -0.2) is 60.7 Å². The smallest absolute Gasteiger partial charge is 0.351 e. The Labute approximate surface area is 181 Å². The third kappa shape index (κ3) is 3.91. The van der Waals surface area contributed by atoms with Gasteiger partial charge in [-0.15, -0.1) is 0 Å². The Morgan fingerprint density at radius 1 is 1.16 bits per heavy atom. The van der Waals surface area contributed by atoms with Gasteiger partial charge in [-0.1, -0.05) is 0 Å². The van der Waals surface area contributed by atoms with Crippen LogP contribution in [0.3, 0.4) is 0 Å². The zero-order valence-electron chi connectivity index (χ0n) is 17.3. The summed E-state index contributed by atoms with van der Waals surface area (Å²) >= 11 is 0. The molecule has 1 fully saturated rings. The molecule has 11 heteroatoms. The number of aromatic amines is 2. The van der Waals surface area contributed by atoms with E-state index in [1.807, 2.05) is 24.1 Å². The molecule has 1 aliphatic heterocycles. The highest BCUT2D eigenvalue weighted by atomic mass is 19.4. The van der Waals surface area contributed by atoms with Crippen molar-refractivity contribution in [3.05, 3.63) is 54.1 Å². The Balaban J connectivity index is 1.28. The van der Waals surface area contributed by atoms with Crippen molar-refractivity contribution in [1.82, 2.24) is 35.0 Å². The van der Waals surface area contributed by atoms with Gasteiger partial charge >= 0.3 is 6.18 Å². The number of hydrogen-bond donors (Lipinski definition) is 2. The average molecular weight is 442 g/mol. The second kappa shape index (κ2) is 7.90. The van der Waals surface area contributed by atoms with Gasteiger partial charge in [0.25, 0.3) is 0 Å². The van der Waals surface area contributed by atoms with Crippen LogP contribution in [0.15, 0.2) is 43.0 Å². The lowest BCUT2D eigenvalue weighted by Gasteiger charge is -2.40. The lowest BCUT2D eigenvalue weighted by atomic mass is 10.1. The monoisotopic (exact) mass is 442 g/mol. The van der Waals surface area contributed by atoms with Crippen LogP contribution >= 0.6 is 0 Å². The summed E-state index contributed by atoms with van der Waals surface area (Å²) in [4.78, 5) is 20.3. The van der Waals surface area contributed by atoms with E-state index in [9.17, 15) is 13.2 Å². The number of pyridine rings is 2. The van der Waals surface area contributed by atoms with Crippen LogP contribution in [0.25, 0.3) is 22.6 Å². The van der Waals surface area contributed by atoms with Gasteiger partial charge in [0, 0.05) is 56.4 Å². The van der Waals surface area contributed by atoms with Crippen LogP contribution in [-0.2, 0) is 12.7 Å². The molecule has 0 aliphatic carbocycles. The van der Waals surface area contributed by atoms with Crippen LogP contribution in [0.2, 0.25) is 0 Å². The van der Waals surface area contributed by atoms with Crippen LogP contribution in [0.5, 0.6) is 0 Å². The Morgan fingerprint density at radius 3 is 2.75 bits per heavy atom. The fraction of sp³-hybridized carbons (Fsp3) is 0.333. The number of rotatable bonds is 4. The molecule has 1 aliphatic rings. The SMILES string of the molecule is C[C@@H]1CN(Cc2c[nH]nc2-c2nc3cnccc3[nH]2)CCN1c1ccc(C(F)(F)F)cn1. The van der Waals surface area contributed by atoms with Crippen molar-refractivity contribution in [1.29, 1.82) is 0 Å². The van der Waals surface area contributed by atoms with Gasteiger partial charge in [-0.25, -0.2) is 9.97 Å². The zero-order chi connectivity index (χ0) is 22.3. The lowest BCUT2D eigenvalue weighted by molar-refractivity contribution is -0.137. The summed E-state index contributed by atoms with van der Waals surface area (Å²) in [5, 5.41) is 7.31. The predicted molar refractivity (Wildman–Crippen MR) is 113 cm³/mol. The van der Waals surface area contributed by atoms with E-state index < -0.39 is 11.7 Å². The number of halogens is 3. The van der Waals surface area contributed by atoms with Crippen molar-refractivity contribution in [2.75, 3.05) is 24.5 Å². The van der Waals surface area contributed by atoms with E-state index in [0.29, 0.717) is 24.7 Å². The Kier molecular flexibility index (Phi) is 5.04. The van der Waals surface area contributed by atoms with E-state index in [1.54, 1.807) is 12.4 Å². The highest BCUT2D eigenvalue weighted by molar-refractivity contribution is 5.78. The van der Waals surface area contributed by atoms with Gasteiger partial charge in [0.2, 0.25) is 0 Å². The molecule has 0 unspecified atom stereocenters. The van der Waals surface area contributed by atoms with Crippen molar-refractivity contribution in [3.8, 4) is 11.5 Å². The Morgan fingerprint density at radius 2 is 2.03 bits per heavy atom. The van der Waals surface area contributed by atoms with Gasteiger partial charge in [-0.3, -0.25) is 15.0 Å². The number of piperazine rings is 1. The Bertz CT molecular complexity index is 1180. The first-order chi connectivity index (χ1) is 15.4. The molecule has 1 atom stereocenters. The number of H-pyrrole nitrogens is 2. The van der Waals surface area contributed by atoms with Gasteiger partial charge in [0.1, 0.15) is 17.0 Å². The predicted octanol–water partition coefficient (Wildman–Crippen LogP) is 3.47. The molecule has 32 heavy (non-hydrogen) atoms. The maximum atomic E-state index is 12.8. The van der Waals surface area contributed by atoms with Crippen LogP contribution < -0.4 is 4.90 Å². The first-order valence-electron chi connectivity index (χ1n) is 10.2. The van der Waals surface area contributed by atoms with Gasteiger partial charge in [-0.05, 0) is 25.1 Å². The third-order valence-corrected chi connectivity index (χ3v) is 5.70. The molecule has 1 saturated heterocycles. The molecule has 0 saturated carbocycles. The van der Waals surface area contributed by atoms with E-state index >= 15 is 0 Å². The molecule has 4 aromatic rings. The number of imidazole rings is 1. The molecule has 2 N–H and O–H groups in total. The summed E-state index contributed by atoms with van der Waals surface area (Å²) in [6, 6.07) is 4.50. The average Bonchev–Trinajstić information content (AvgIpc) is 3.40. The van der Waals surface area contributed by atoms with Gasteiger partial charge < -0.3 is 9.88 Å². The first-order valence-corrected chi connectivity index (χ1v) is 10.2. The first kappa shape index (κ1) is 20.4. The molecule has 0 bridgehead atoms. The molecule has 0 amide bonds. The lowest BCUT2D eigenvalue weighted by Crippen LogP contribution is -2.51. The summed E-state index contributed by atoms with van der Waals surface area (Å²) in [7, 11) is 0. The molecule has 8 nitrogen and oxygen atoms in total. The molecule has 4 aromatic heterocycles. The molecule has 5 heterocycles. The number of fused-ring (bicyclic) bond motifs is 1. The third-order valence-electron chi connectivity index (χ3n) is 5.70. The van der Waals surface area contributed by atoms with Crippen molar-refractivity contribution in [2.24, 2.45) is 0 Å². The number of aromatic nitrogens is 6. The second-order valence-corrected chi connectivity index (χ2v) is 7.92. The fourth-order valence-electron chi connectivity index (χ4n) is 4.09. The van der Waals surface area contributed by atoms with Gasteiger partial charge in [0.05, 0.1) is 17.3 Å². The summed E-state index contributed by atoms with van der Waals surface area (Å²) < 4.78 is 38.4. The quantitative estimate of drug-likeness (QED) is 0.503. The molecular weight excluding hydrogens is 421 g/mol. The van der Waals surface area contributed by atoms with Crippen molar-refractivity contribution in [2.45, 2.75) is 25.7 Å². The van der Waals surface area contributed by atoms with Crippen LogP contribution in [0, 0.1) is 0 Å². The molecule has 5 rings (SSSR count). The topological polar surface area (TPSA) is 89.6 Å². The van der Waals surface area contributed by atoms with Gasteiger partial charge in [-0.2, -0.15) is 18.3 Å². The van der Waals surface area contributed by atoms with Crippen LogP contribution in [0.4, 0.5) is 19.0 Å². The summed E-state index contributed by atoms with van der Waals surface area (Å²) in [5.41, 5.74) is 2.73. The van der Waals surface area contributed by atoms with E-state index in [2.05, 4.69) is 35.0 Å². The van der Waals surface area contributed by atoms with Crippen molar-refractivity contribution < 1.29 is 13.2 Å². The van der Waals surface area contributed by atoms with E-state index in [1.165, 1.54) is 6.07 Å². The van der Waals surface area contributed by atoms with Crippen LogP contribution in [0.1, 0.15) is 18.1 Å².